The summed E-state index contributed by atoms with van der Waals surface area (Å²) in [6.45, 7) is 4.03. The lowest BCUT2D eigenvalue weighted by molar-refractivity contribution is -0.113. The quantitative estimate of drug-likeness (QED) is 0.358. The number of carbonyl (C=O) groups is 2. The molecule has 0 spiro atoms. The minimum absolute atomic E-state index is 0.0978. The van der Waals surface area contributed by atoms with Crippen LogP contribution in [-0.2, 0) is 11.8 Å². The van der Waals surface area contributed by atoms with Crippen LogP contribution in [0.2, 0.25) is 0 Å². The van der Waals surface area contributed by atoms with Gasteiger partial charge >= 0.3 is 0 Å². The molecule has 10 heteroatoms. The summed E-state index contributed by atoms with van der Waals surface area (Å²) < 4.78 is 3.50. The summed E-state index contributed by atoms with van der Waals surface area (Å²) in [5, 5.41) is 15.1. The Hall–Kier alpha value is -2.17. The second-order valence-corrected chi connectivity index (χ2v) is 10.1. The van der Waals surface area contributed by atoms with Gasteiger partial charge in [0.2, 0.25) is 5.91 Å². The molecule has 0 radical (unpaired) electrons. The van der Waals surface area contributed by atoms with Gasteiger partial charge in [0.15, 0.2) is 11.0 Å². The van der Waals surface area contributed by atoms with E-state index in [1.54, 1.807) is 12.1 Å². The van der Waals surface area contributed by atoms with Gasteiger partial charge in [-0.25, -0.2) is 0 Å². The highest BCUT2D eigenvalue weighted by atomic mass is 79.9. The third kappa shape index (κ3) is 6.20. The van der Waals surface area contributed by atoms with Crippen molar-refractivity contribution in [1.29, 1.82) is 0 Å². The number of nitrogens with zero attached hydrogens (tertiary/aromatic N) is 3. The van der Waals surface area contributed by atoms with Crippen LogP contribution < -0.4 is 10.6 Å². The Morgan fingerprint density at radius 1 is 1.09 bits per heavy atom. The molecule has 0 bridgehead atoms. The van der Waals surface area contributed by atoms with Gasteiger partial charge in [-0.05, 0) is 52.2 Å². The van der Waals surface area contributed by atoms with Gasteiger partial charge in [0.25, 0.3) is 5.91 Å². The molecule has 2 N–H and O–H groups in total. The van der Waals surface area contributed by atoms with Gasteiger partial charge in [0.1, 0.15) is 0 Å². The van der Waals surface area contributed by atoms with E-state index in [-0.39, 0.29) is 29.5 Å². The third-order valence-corrected chi connectivity index (χ3v) is 6.88. The molecule has 3 aromatic rings. The van der Waals surface area contributed by atoms with E-state index in [0.717, 1.165) is 8.95 Å². The van der Waals surface area contributed by atoms with Crippen LogP contribution >= 0.6 is 43.6 Å². The Labute approximate surface area is 208 Å². The highest BCUT2D eigenvalue weighted by molar-refractivity contribution is 9.11. The van der Waals surface area contributed by atoms with E-state index in [2.05, 4.69) is 52.7 Å². The average Bonchev–Trinajstić information content (AvgIpc) is 3.13. The normalized spacial score (nSPS) is 11.9. The summed E-state index contributed by atoms with van der Waals surface area (Å²) in [6.07, 6.45) is 0. The molecule has 0 fully saturated rings. The van der Waals surface area contributed by atoms with Gasteiger partial charge in [0.05, 0.1) is 17.5 Å². The molecule has 0 aliphatic carbocycles. The van der Waals surface area contributed by atoms with Crippen molar-refractivity contribution in [2.75, 3.05) is 11.1 Å². The molecular formula is C22H23Br2N5O2S. The number of amides is 2. The summed E-state index contributed by atoms with van der Waals surface area (Å²) in [5.74, 6) is 0.590. The molecule has 2 aromatic carbocycles. The molecule has 7 nitrogen and oxygen atoms in total. The number of nitrogens with one attached hydrogen (secondary N) is 2. The average molecular weight is 581 g/mol. The number of halogens is 2. The lowest BCUT2D eigenvalue weighted by atomic mass is 10.0. The fourth-order valence-corrected chi connectivity index (χ4v) is 4.40. The summed E-state index contributed by atoms with van der Waals surface area (Å²) in [4.78, 5) is 25.1. The first-order valence-electron chi connectivity index (χ1n) is 9.89. The van der Waals surface area contributed by atoms with Crippen LogP contribution in [0.3, 0.4) is 0 Å². The van der Waals surface area contributed by atoms with Crippen LogP contribution in [0.4, 0.5) is 5.69 Å². The Balaban J connectivity index is 1.67. The van der Waals surface area contributed by atoms with Crippen LogP contribution in [0.15, 0.2) is 62.6 Å². The van der Waals surface area contributed by atoms with Crippen molar-refractivity contribution in [3.8, 4) is 0 Å². The van der Waals surface area contributed by atoms with E-state index in [4.69, 9.17) is 0 Å². The molecule has 168 valence electrons. The van der Waals surface area contributed by atoms with Crippen molar-refractivity contribution in [1.82, 2.24) is 20.1 Å². The van der Waals surface area contributed by atoms with Crippen molar-refractivity contribution in [3.05, 3.63) is 68.9 Å². The Morgan fingerprint density at radius 3 is 2.50 bits per heavy atom. The highest BCUT2D eigenvalue weighted by Crippen LogP contribution is 2.27. The van der Waals surface area contributed by atoms with Crippen molar-refractivity contribution in [3.63, 3.8) is 0 Å². The minimum Gasteiger partial charge on any atom is -0.342 e. The van der Waals surface area contributed by atoms with Gasteiger partial charge < -0.3 is 15.2 Å². The largest absolute Gasteiger partial charge is 0.342 e. The first kappa shape index (κ1) is 24.5. The fourth-order valence-electron chi connectivity index (χ4n) is 2.98. The van der Waals surface area contributed by atoms with E-state index in [1.165, 1.54) is 11.8 Å². The summed E-state index contributed by atoms with van der Waals surface area (Å²) in [6, 6.07) is 14.3. The number of carbonyl (C=O) groups excluding carboxylic acids is 2. The molecule has 3 rings (SSSR count). The van der Waals surface area contributed by atoms with Crippen LogP contribution in [0.25, 0.3) is 0 Å². The molecule has 0 aliphatic heterocycles. The first-order chi connectivity index (χ1) is 15.3. The van der Waals surface area contributed by atoms with Gasteiger partial charge in [-0.3, -0.25) is 9.59 Å². The standard InChI is InChI=1S/C22H23Br2N5O2S/c1-13(2)19(26-21(31)14-7-5-4-6-8-14)20-27-28-22(29(20)3)32-12-18(30)25-17-11-15(23)9-10-16(17)24/h4-11,13,19H,12H2,1-3H3,(H,25,30)(H,26,31)/t19-/m0/s1. The second kappa shape index (κ2) is 11.1. The number of benzene rings is 2. The molecule has 0 saturated heterocycles. The highest BCUT2D eigenvalue weighted by Gasteiger charge is 2.25. The predicted octanol–water partition coefficient (Wildman–Crippen LogP) is 5.20. The van der Waals surface area contributed by atoms with E-state index in [1.807, 2.05) is 61.9 Å². The van der Waals surface area contributed by atoms with Gasteiger partial charge in [-0.15, -0.1) is 10.2 Å². The first-order valence-corrected chi connectivity index (χ1v) is 12.5. The lowest BCUT2D eigenvalue weighted by Crippen LogP contribution is -2.33. The fraction of sp³-hybridized carbons (Fsp3) is 0.273. The maximum absolute atomic E-state index is 12.7. The summed E-state index contributed by atoms with van der Waals surface area (Å²) in [5.41, 5.74) is 1.28. The zero-order valence-electron chi connectivity index (χ0n) is 17.8. The van der Waals surface area contributed by atoms with Gasteiger partial charge in [-0.2, -0.15) is 0 Å². The maximum atomic E-state index is 12.7. The molecule has 1 heterocycles. The number of hydrogen-bond donors (Lipinski definition) is 2. The number of rotatable bonds is 8. The van der Waals surface area contributed by atoms with E-state index in [0.29, 0.717) is 22.2 Å². The molecular weight excluding hydrogens is 558 g/mol. The smallest absolute Gasteiger partial charge is 0.251 e. The third-order valence-electron chi connectivity index (χ3n) is 4.67. The molecule has 1 aromatic heterocycles. The van der Waals surface area contributed by atoms with Crippen molar-refractivity contribution in [2.24, 2.45) is 13.0 Å². The lowest BCUT2D eigenvalue weighted by Gasteiger charge is -2.21. The van der Waals surface area contributed by atoms with Crippen molar-refractivity contribution >= 4 is 61.1 Å². The number of thioether (sulfide) groups is 1. The molecule has 0 aliphatic rings. The SMILES string of the molecule is CC(C)[C@H](NC(=O)c1ccccc1)c1nnc(SCC(=O)Nc2cc(Br)ccc2Br)n1C. The molecule has 0 unspecified atom stereocenters. The van der Waals surface area contributed by atoms with Crippen molar-refractivity contribution in [2.45, 2.75) is 25.0 Å². The topological polar surface area (TPSA) is 88.9 Å². The number of aromatic nitrogens is 3. The van der Waals surface area contributed by atoms with E-state index in [9.17, 15) is 9.59 Å². The van der Waals surface area contributed by atoms with Crippen LogP contribution in [0.5, 0.6) is 0 Å². The zero-order valence-corrected chi connectivity index (χ0v) is 21.8. The Kier molecular flexibility index (Phi) is 8.50. The number of anilines is 1. The monoisotopic (exact) mass is 579 g/mol. The van der Waals surface area contributed by atoms with Crippen LogP contribution in [0.1, 0.15) is 36.1 Å². The molecule has 32 heavy (non-hydrogen) atoms. The Bertz CT molecular complexity index is 1100. The van der Waals surface area contributed by atoms with Crippen molar-refractivity contribution < 1.29 is 9.59 Å². The summed E-state index contributed by atoms with van der Waals surface area (Å²) >= 11 is 8.12. The van der Waals surface area contributed by atoms with E-state index < -0.39 is 0 Å². The molecule has 1 atom stereocenters. The van der Waals surface area contributed by atoms with Crippen LogP contribution in [-0.4, -0.2) is 32.3 Å². The predicted molar refractivity (Wildman–Crippen MR) is 134 cm³/mol. The zero-order chi connectivity index (χ0) is 23.3. The van der Waals surface area contributed by atoms with Gasteiger partial charge in [-0.1, -0.05) is 59.7 Å². The number of hydrogen-bond acceptors (Lipinski definition) is 5. The second-order valence-electron chi connectivity index (χ2n) is 7.42. The molecule has 2 amide bonds. The maximum Gasteiger partial charge on any atom is 0.251 e. The Morgan fingerprint density at radius 2 is 1.81 bits per heavy atom. The van der Waals surface area contributed by atoms with E-state index >= 15 is 0 Å². The van der Waals surface area contributed by atoms with Crippen LogP contribution in [0, 0.1) is 5.92 Å². The molecule has 0 saturated carbocycles. The minimum atomic E-state index is -0.319. The summed E-state index contributed by atoms with van der Waals surface area (Å²) in [7, 11) is 1.84. The van der Waals surface area contributed by atoms with Gasteiger partial charge in [0, 0.05) is 21.6 Å².